The summed E-state index contributed by atoms with van der Waals surface area (Å²) in [6.07, 6.45) is 10.2. The van der Waals surface area contributed by atoms with Crippen molar-refractivity contribution in [1.29, 1.82) is 0 Å². The van der Waals surface area contributed by atoms with E-state index in [1.165, 1.54) is 32.1 Å². The third-order valence-corrected chi connectivity index (χ3v) is 7.63. The van der Waals surface area contributed by atoms with E-state index < -0.39 is 0 Å². The topological polar surface area (TPSA) is 0 Å². The van der Waals surface area contributed by atoms with Crippen molar-refractivity contribution in [2.24, 2.45) is 47.3 Å². The van der Waals surface area contributed by atoms with Gasteiger partial charge in [0.15, 0.2) is 0 Å². The summed E-state index contributed by atoms with van der Waals surface area (Å²) in [7, 11) is 0. The van der Waals surface area contributed by atoms with Crippen LogP contribution in [0.15, 0.2) is 0 Å². The van der Waals surface area contributed by atoms with E-state index in [1.54, 1.807) is 12.8 Å². The van der Waals surface area contributed by atoms with Crippen molar-refractivity contribution in [3.63, 3.8) is 0 Å². The normalized spacial score (nSPS) is 42.0. The maximum atomic E-state index is 2.62. The Morgan fingerprint density at radius 1 is 0.952 bits per heavy atom. The molecule has 0 aromatic rings. The van der Waals surface area contributed by atoms with Gasteiger partial charge in [0.2, 0.25) is 0 Å². The molecule has 0 heteroatoms. The van der Waals surface area contributed by atoms with Gasteiger partial charge in [0.25, 0.3) is 0 Å². The highest BCUT2D eigenvalue weighted by molar-refractivity contribution is 5.02. The highest BCUT2D eigenvalue weighted by Crippen LogP contribution is 2.60. The summed E-state index contributed by atoms with van der Waals surface area (Å²) >= 11 is 0. The molecule has 0 aromatic carbocycles. The molecule has 2 aliphatic rings. The van der Waals surface area contributed by atoms with Crippen LogP contribution in [0.3, 0.4) is 0 Å². The molecule has 0 saturated heterocycles. The highest BCUT2D eigenvalue weighted by Gasteiger charge is 2.53. The standard InChI is InChI=1S/C21H40/c1-7-11-18-15(6)21(17(10-4)14(5)8-2)20-13-16(9-3)12-19(18)20/h14-21H,7-13H2,1-6H3. The van der Waals surface area contributed by atoms with Crippen LogP contribution in [0.1, 0.15) is 86.5 Å². The maximum absolute atomic E-state index is 2.62. The van der Waals surface area contributed by atoms with Gasteiger partial charge < -0.3 is 0 Å². The largest absolute Gasteiger partial charge is 0.0654 e. The van der Waals surface area contributed by atoms with E-state index in [0.29, 0.717) is 0 Å². The second kappa shape index (κ2) is 7.51. The zero-order valence-corrected chi connectivity index (χ0v) is 15.6. The van der Waals surface area contributed by atoms with E-state index in [4.69, 9.17) is 0 Å². The zero-order valence-electron chi connectivity index (χ0n) is 15.6. The third-order valence-electron chi connectivity index (χ3n) is 7.63. The van der Waals surface area contributed by atoms with Crippen molar-refractivity contribution in [1.82, 2.24) is 0 Å². The average molecular weight is 293 g/mol. The summed E-state index contributed by atoms with van der Waals surface area (Å²) < 4.78 is 0. The fraction of sp³-hybridized carbons (Fsp3) is 1.00. The van der Waals surface area contributed by atoms with Gasteiger partial charge in [-0.2, -0.15) is 0 Å². The minimum absolute atomic E-state index is 0.921. The van der Waals surface area contributed by atoms with Gasteiger partial charge in [-0.15, -0.1) is 0 Å². The maximum Gasteiger partial charge on any atom is -0.0324 e. The Balaban J connectivity index is 2.22. The Hall–Kier alpha value is 0. The molecule has 0 spiro atoms. The summed E-state index contributed by atoms with van der Waals surface area (Å²) in [6.45, 7) is 14.8. The van der Waals surface area contributed by atoms with Crippen LogP contribution in [-0.4, -0.2) is 0 Å². The highest BCUT2D eigenvalue weighted by atomic mass is 14.6. The first-order valence-corrected chi connectivity index (χ1v) is 10.1. The number of hydrogen-bond donors (Lipinski definition) is 0. The molecule has 0 N–H and O–H groups in total. The van der Waals surface area contributed by atoms with Gasteiger partial charge in [0.1, 0.15) is 0 Å². The van der Waals surface area contributed by atoms with E-state index in [0.717, 1.165) is 47.3 Å². The third kappa shape index (κ3) is 3.20. The Labute approximate surface area is 134 Å². The molecule has 0 radical (unpaired) electrons. The van der Waals surface area contributed by atoms with Gasteiger partial charge in [-0.05, 0) is 60.2 Å². The molecular weight excluding hydrogens is 252 g/mol. The lowest BCUT2D eigenvalue weighted by Gasteiger charge is -2.35. The van der Waals surface area contributed by atoms with E-state index in [9.17, 15) is 0 Å². The molecule has 0 nitrogen and oxygen atoms in total. The lowest BCUT2D eigenvalue weighted by atomic mass is 9.70. The Morgan fingerprint density at radius 2 is 1.62 bits per heavy atom. The van der Waals surface area contributed by atoms with Crippen LogP contribution >= 0.6 is 0 Å². The van der Waals surface area contributed by atoms with Gasteiger partial charge in [0.05, 0.1) is 0 Å². The Kier molecular flexibility index (Phi) is 6.21. The molecule has 124 valence electrons. The SMILES string of the molecule is CCCC1C(C)C(C(CC)C(C)CC)C2CC(CC)CC12. The molecular formula is C21H40. The molecule has 21 heavy (non-hydrogen) atoms. The molecule has 0 bridgehead atoms. The first kappa shape index (κ1) is 17.4. The second-order valence-corrected chi connectivity index (χ2v) is 8.42. The second-order valence-electron chi connectivity index (χ2n) is 8.42. The van der Waals surface area contributed by atoms with Crippen LogP contribution in [0.4, 0.5) is 0 Å². The molecule has 0 aromatic heterocycles. The molecule has 2 aliphatic carbocycles. The van der Waals surface area contributed by atoms with Crippen molar-refractivity contribution >= 4 is 0 Å². The summed E-state index contributed by atoms with van der Waals surface area (Å²) in [5.41, 5.74) is 0. The summed E-state index contributed by atoms with van der Waals surface area (Å²) in [4.78, 5) is 0. The van der Waals surface area contributed by atoms with Crippen LogP contribution < -0.4 is 0 Å². The van der Waals surface area contributed by atoms with Gasteiger partial charge in [-0.3, -0.25) is 0 Å². The Bertz CT molecular complexity index is 307. The molecule has 0 amide bonds. The summed E-state index contributed by atoms with van der Waals surface area (Å²) in [5, 5.41) is 0. The first-order valence-electron chi connectivity index (χ1n) is 10.1. The van der Waals surface area contributed by atoms with Crippen LogP contribution in [0.2, 0.25) is 0 Å². The zero-order chi connectivity index (χ0) is 15.6. The lowest BCUT2D eigenvalue weighted by molar-refractivity contribution is 0.132. The average Bonchev–Trinajstić information content (AvgIpc) is 3.00. The minimum atomic E-state index is 0.921. The van der Waals surface area contributed by atoms with E-state index in [1.807, 2.05) is 0 Å². The van der Waals surface area contributed by atoms with E-state index in [-0.39, 0.29) is 0 Å². The smallest absolute Gasteiger partial charge is 0.0324 e. The van der Waals surface area contributed by atoms with Crippen molar-refractivity contribution < 1.29 is 0 Å². The van der Waals surface area contributed by atoms with E-state index >= 15 is 0 Å². The minimum Gasteiger partial charge on any atom is -0.0654 e. The van der Waals surface area contributed by atoms with Gasteiger partial charge in [0, 0.05) is 0 Å². The van der Waals surface area contributed by atoms with Gasteiger partial charge in [-0.25, -0.2) is 0 Å². The first-order chi connectivity index (χ1) is 10.1. The summed E-state index contributed by atoms with van der Waals surface area (Å²) in [6, 6.07) is 0. The molecule has 8 unspecified atom stereocenters. The van der Waals surface area contributed by atoms with Crippen LogP contribution in [0, 0.1) is 47.3 Å². The molecule has 0 aliphatic heterocycles. The van der Waals surface area contributed by atoms with Gasteiger partial charge >= 0.3 is 0 Å². The van der Waals surface area contributed by atoms with Crippen molar-refractivity contribution in [2.75, 3.05) is 0 Å². The van der Waals surface area contributed by atoms with E-state index in [2.05, 4.69) is 41.5 Å². The van der Waals surface area contributed by atoms with Crippen LogP contribution in [0.5, 0.6) is 0 Å². The monoisotopic (exact) mass is 292 g/mol. The fourth-order valence-corrected chi connectivity index (χ4v) is 6.42. The van der Waals surface area contributed by atoms with Crippen LogP contribution in [0.25, 0.3) is 0 Å². The van der Waals surface area contributed by atoms with Crippen molar-refractivity contribution in [3.05, 3.63) is 0 Å². The van der Waals surface area contributed by atoms with Gasteiger partial charge in [-0.1, -0.05) is 73.6 Å². The fourth-order valence-electron chi connectivity index (χ4n) is 6.42. The predicted molar refractivity (Wildman–Crippen MR) is 94.3 cm³/mol. The molecule has 2 saturated carbocycles. The summed E-state index contributed by atoms with van der Waals surface area (Å²) in [5.74, 6) is 8.15. The van der Waals surface area contributed by atoms with Crippen LogP contribution in [-0.2, 0) is 0 Å². The number of fused-ring (bicyclic) bond motifs is 1. The molecule has 2 rings (SSSR count). The number of hydrogen-bond acceptors (Lipinski definition) is 0. The number of rotatable bonds is 7. The quantitative estimate of drug-likeness (QED) is 0.484. The lowest BCUT2D eigenvalue weighted by Crippen LogP contribution is -2.29. The molecule has 8 atom stereocenters. The predicted octanol–water partition coefficient (Wildman–Crippen LogP) is 6.79. The molecule has 2 fully saturated rings. The van der Waals surface area contributed by atoms with Crippen molar-refractivity contribution in [3.8, 4) is 0 Å². The Morgan fingerprint density at radius 3 is 2.14 bits per heavy atom. The van der Waals surface area contributed by atoms with Crippen molar-refractivity contribution in [2.45, 2.75) is 86.5 Å². The molecule has 0 heterocycles.